The van der Waals surface area contributed by atoms with E-state index in [1.807, 2.05) is 45.3 Å². The Kier molecular flexibility index (Phi) is 7.19. The Labute approximate surface area is 227 Å². The number of hydrogen-bond donors (Lipinski definition) is 4. The first-order valence-electron chi connectivity index (χ1n) is 13.8. The molecule has 1 fully saturated rings. The van der Waals surface area contributed by atoms with Crippen molar-refractivity contribution in [1.82, 2.24) is 10.3 Å². The fourth-order valence-corrected chi connectivity index (χ4v) is 7.52. The van der Waals surface area contributed by atoms with Crippen LogP contribution in [0.25, 0.3) is 16.3 Å². The highest BCUT2D eigenvalue weighted by molar-refractivity contribution is 5.88. The van der Waals surface area contributed by atoms with Crippen molar-refractivity contribution in [2.45, 2.75) is 69.8 Å². The van der Waals surface area contributed by atoms with Crippen LogP contribution in [0, 0.1) is 17.3 Å². The molecule has 1 saturated carbocycles. The SMILES string of the molecule is CC12CC(C(F)(F)F)=C3C=C4CC(O)CCC4CC[C@]3(O)C1CC=C2c1ccc2cc(N)ncc2c1.CNC. The van der Waals surface area contributed by atoms with E-state index in [-0.39, 0.29) is 23.8 Å². The molecule has 0 saturated heterocycles. The van der Waals surface area contributed by atoms with Gasteiger partial charge < -0.3 is 21.3 Å². The van der Waals surface area contributed by atoms with E-state index in [1.54, 1.807) is 18.3 Å². The molecule has 5 atom stereocenters. The number of hydrogen-bond acceptors (Lipinski definition) is 5. The van der Waals surface area contributed by atoms with E-state index in [0.29, 0.717) is 37.9 Å². The van der Waals surface area contributed by atoms with Crippen molar-refractivity contribution in [3.8, 4) is 0 Å². The van der Waals surface area contributed by atoms with E-state index >= 15 is 0 Å². The summed E-state index contributed by atoms with van der Waals surface area (Å²) in [5.41, 5.74) is 5.35. The molecule has 0 aliphatic heterocycles. The second kappa shape index (κ2) is 10.1. The number of alkyl halides is 3. The third kappa shape index (κ3) is 4.81. The Hall–Kier alpha value is -2.68. The number of allylic oxidation sites excluding steroid dienone is 3. The number of halogens is 3. The number of nitrogen functional groups attached to an aromatic ring is 1. The molecule has 0 spiro atoms. The van der Waals surface area contributed by atoms with Crippen LogP contribution >= 0.6 is 0 Å². The van der Waals surface area contributed by atoms with Gasteiger partial charge in [-0.1, -0.05) is 36.8 Å². The van der Waals surface area contributed by atoms with Gasteiger partial charge >= 0.3 is 6.18 Å². The second-order valence-corrected chi connectivity index (χ2v) is 11.9. The summed E-state index contributed by atoms with van der Waals surface area (Å²) in [7, 11) is 3.75. The molecule has 210 valence electrons. The molecule has 0 bridgehead atoms. The first-order chi connectivity index (χ1) is 18.4. The summed E-state index contributed by atoms with van der Waals surface area (Å²) in [5, 5.41) is 27.0. The van der Waals surface area contributed by atoms with Crippen LogP contribution in [-0.2, 0) is 0 Å². The zero-order chi connectivity index (χ0) is 28.2. The van der Waals surface area contributed by atoms with Crippen molar-refractivity contribution in [2.24, 2.45) is 17.3 Å². The molecule has 4 aliphatic rings. The minimum atomic E-state index is -4.56. The number of benzene rings is 1. The number of pyridine rings is 1. The summed E-state index contributed by atoms with van der Waals surface area (Å²) in [6, 6.07) is 7.60. The summed E-state index contributed by atoms with van der Waals surface area (Å²) >= 11 is 0. The maximum Gasteiger partial charge on any atom is 0.413 e. The van der Waals surface area contributed by atoms with Crippen molar-refractivity contribution >= 4 is 22.2 Å². The molecule has 6 rings (SSSR count). The molecular formula is C31H38F3N3O2. The molecular weight excluding hydrogens is 503 g/mol. The number of rotatable bonds is 1. The lowest BCUT2D eigenvalue weighted by atomic mass is 9.56. The molecule has 0 radical (unpaired) electrons. The Morgan fingerprint density at radius 1 is 1.10 bits per heavy atom. The highest BCUT2D eigenvalue weighted by atomic mass is 19.4. The number of nitrogens with one attached hydrogen (secondary N) is 1. The third-order valence-corrected chi connectivity index (χ3v) is 9.30. The predicted molar refractivity (Wildman–Crippen MR) is 149 cm³/mol. The second-order valence-electron chi connectivity index (χ2n) is 11.9. The molecule has 0 amide bonds. The first-order valence-corrected chi connectivity index (χ1v) is 13.8. The maximum absolute atomic E-state index is 14.6. The van der Waals surface area contributed by atoms with Gasteiger partial charge in [0.15, 0.2) is 0 Å². The van der Waals surface area contributed by atoms with Gasteiger partial charge in [0, 0.05) is 28.5 Å². The molecule has 2 aromatic rings. The molecule has 4 unspecified atom stereocenters. The lowest BCUT2D eigenvalue weighted by Gasteiger charge is -2.50. The average molecular weight is 542 g/mol. The van der Waals surface area contributed by atoms with Crippen LogP contribution in [0.15, 0.2) is 59.3 Å². The highest BCUT2D eigenvalue weighted by Crippen LogP contribution is 2.64. The average Bonchev–Trinajstić information content (AvgIpc) is 3.15. The number of anilines is 1. The van der Waals surface area contributed by atoms with Gasteiger partial charge in [-0.25, -0.2) is 4.98 Å². The van der Waals surface area contributed by atoms with Gasteiger partial charge in [0.05, 0.1) is 11.7 Å². The smallest absolute Gasteiger partial charge is 0.393 e. The highest BCUT2D eigenvalue weighted by Gasteiger charge is 2.60. The molecule has 1 aromatic heterocycles. The van der Waals surface area contributed by atoms with E-state index in [4.69, 9.17) is 5.73 Å². The van der Waals surface area contributed by atoms with Crippen molar-refractivity contribution in [3.05, 3.63) is 64.9 Å². The maximum atomic E-state index is 14.6. The van der Waals surface area contributed by atoms with E-state index in [9.17, 15) is 23.4 Å². The van der Waals surface area contributed by atoms with Gasteiger partial charge in [-0.3, -0.25) is 0 Å². The predicted octanol–water partition coefficient (Wildman–Crippen LogP) is 5.94. The van der Waals surface area contributed by atoms with Gasteiger partial charge in [0.1, 0.15) is 5.82 Å². The standard InChI is InChI=1S/C29H31F3N2O2.C2H7N/c1-27-14-24(29(30,31)32)23-12-19-11-21(35)5-4-16(19)8-9-28(23,36)25(27)7-6-22(27)18-3-2-17-13-26(33)34-15-20(17)10-18;1-3-2/h2-3,6,10,12-13,15-16,21,25,35-36H,4-5,7-9,11,14H2,1H3,(H2,33,34);3H,1-2H3/t16?,21?,25?,27?,28-;/m1./s1. The number of aliphatic hydroxyl groups excluding tert-OH is 1. The molecule has 5 nitrogen and oxygen atoms in total. The summed E-state index contributed by atoms with van der Waals surface area (Å²) in [5.74, 6) is 0.175. The number of aliphatic hydroxyl groups is 2. The van der Waals surface area contributed by atoms with Crippen LogP contribution in [0.2, 0.25) is 0 Å². The number of nitrogens with zero attached hydrogens (tertiary/aromatic N) is 1. The summed E-state index contributed by atoms with van der Waals surface area (Å²) in [6.45, 7) is 1.89. The van der Waals surface area contributed by atoms with Gasteiger partial charge in [-0.2, -0.15) is 13.2 Å². The molecule has 4 aliphatic carbocycles. The minimum Gasteiger partial charge on any atom is -0.393 e. The lowest BCUT2D eigenvalue weighted by Crippen LogP contribution is -2.51. The van der Waals surface area contributed by atoms with E-state index < -0.39 is 28.9 Å². The van der Waals surface area contributed by atoms with Gasteiger partial charge in [-0.15, -0.1) is 0 Å². The van der Waals surface area contributed by atoms with Gasteiger partial charge in [-0.05, 0) is 99.2 Å². The Balaban J connectivity index is 0.000000983. The molecule has 8 heteroatoms. The lowest BCUT2D eigenvalue weighted by molar-refractivity contribution is -0.113. The van der Waals surface area contributed by atoms with Crippen LogP contribution in [0.4, 0.5) is 19.0 Å². The Morgan fingerprint density at radius 2 is 1.85 bits per heavy atom. The fourth-order valence-electron chi connectivity index (χ4n) is 7.52. The van der Waals surface area contributed by atoms with E-state index in [2.05, 4.69) is 10.3 Å². The van der Waals surface area contributed by atoms with E-state index in [1.165, 1.54) is 0 Å². The van der Waals surface area contributed by atoms with Crippen LogP contribution in [-0.4, -0.2) is 47.2 Å². The molecule has 39 heavy (non-hydrogen) atoms. The van der Waals surface area contributed by atoms with Crippen molar-refractivity contribution in [3.63, 3.8) is 0 Å². The quantitative estimate of drug-likeness (QED) is 0.359. The number of aromatic nitrogens is 1. The largest absolute Gasteiger partial charge is 0.413 e. The van der Waals surface area contributed by atoms with Crippen LogP contribution in [0.3, 0.4) is 0 Å². The topological polar surface area (TPSA) is 91.4 Å². The monoisotopic (exact) mass is 541 g/mol. The zero-order valence-corrected chi connectivity index (χ0v) is 22.8. The van der Waals surface area contributed by atoms with Crippen LogP contribution < -0.4 is 11.1 Å². The van der Waals surface area contributed by atoms with Gasteiger partial charge in [0.25, 0.3) is 0 Å². The fraction of sp³-hybridized carbons (Fsp3) is 0.516. The summed E-state index contributed by atoms with van der Waals surface area (Å²) in [6.07, 6.45) is 3.30. The minimum absolute atomic E-state index is 0.0388. The number of nitrogens with two attached hydrogens (primary N) is 1. The normalized spacial score (nSPS) is 32.3. The number of fused-ring (bicyclic) bond motifs is 5. The Morgan fingerprint density at radius 3 is 2.56 bits per heavy atom. The zero-order valence-electron chi connectivity index (χ0n) is 22.8. The van der Waals surface area contributed by atoms with Crippen molar-refractivity contribution in [2.75, 3.05) is 19.8 Å². The van der Waals surface area contributed by atoms with Crippen LogP contribution in [0.5, 0.6) is 0 Å². The first kappa shape index (κ1) is 27.9. The van der Waals surface area contributed by atoms with E-state index in [0.717, 1.165) is 33.9 Å². The molecule has 1 heterocycles. The molecule has 5 N–H and O–H groups in total. The van der Waals surface area contributed by atoms with Gasteiger partial charge in [0.2, 0.25) is 0 Å². The molecule has 1 aromatic carbocycles. The van der Waals surface area contributed by atoms with Crippen LogP contribution in [0.1, 0.15) is 57.4 Å². The van der Waals surface area contributed by atoms with Crippen molar-refractivity contribution in [1.29, 1.82) is 0 Å². The Bertz CT molecular complexity index is 1360. The summed E-state index contributed by atoms with van der Waals surface area (Å²) in [4.78, 5) is 4.17. The third-order valence-electron chi connectivity index (χ3n) is 9.30. The summed E-state index contributed by atoms with van der Waals surface area (Å²) < 4.78 is 43.9. The van der Waals surface area contributed by atoms with Crippen molar-refractivity contribution < 1.29 is 23.4 Å².